The summed E-state index contributed by atoms with van der Waals surface area (Å²) in [5.74, 6) is 1.97. The van der Waals surface area contributed by atoms with Gasteiger partial charge in [-0.1, -0.05) is 127 Å². The molecule has 0 radical (unpaired) electrons. The molecule has 3 heterocycles. The van der Waals surface area contributed by atoms with Crippen LogP contribution in [0.25, 0.3) is 100 Å². The Hall–Kier alpha value is -7.28. The maximum atomic E-state index is 5.14. The molecule has 0 aliphatic heterocycles. The van der Waals surface area contributed by atoms with Gasteiger partial charge in [-0.2, -0.15) is 0 Å². The van der Waals surface area contributed by atoms with Gasteiger partial charge in [-0.15, -0.1) is 0 Å². The first-order valence-corrected chi connectivity index (χ1v) is 23.1. The Labute approximate surface area is 350 Å². The van der Waals surface area contributed by atoms with Crippen LogP contribution in [-0.4, -0.2) is 42.9 Å². The second-order valence-corrected chi connectivity index (χ2v) is 20.2. The second kappa shape index (κ2) is 14.2. The Morgan fingerprint density at radius 3 is 1.42 bits per heavy atom. The number of hydrogen-bond donors (Lipinski definition) is 0. The smallest absolute Gasteiger partial charge is 0.164 e. The van der Waals surface area contributed by atoms with Crippen molar-refractivity contribution in [2.45, 2.75) is 4.90 Å². The fourth-order valence-electron chi connectivity index (χ4n) is 8.57. The van der Waals surface area contributed by atoms with E-state index in [-0.39, 0.29) is 0 Å². The highest BCUT2D eigenvalue weighted by Gasteiger charge is 2.20. The number of para-hydroxylation sites is 3. The first-order chi connectivity index (χ1) is 29.4. The van der Waals surface area contributed by atoms with Crippen molar-refractivity contribution in [1.82, 2.24) is 24.1 Å². The van der Waals surface area contributed by atoms with Crippen molar-refractivity contribution in [3.8, 4) is 56.7 Å². The number of benzene rings is 8. The highest BCUT2D eigenvalue weighted by Crippen LogP contribution is 2.48. The summed E-state index contributed by atoms with van der Waals surface area (Å²) in [6, 6.07) is 69.3. The van der Waals surface area contributed by atoms with Gasteiger partial charge in [0.2, 0.25) is 0 Å². The lowest BCUT2D eigenvalue weighted by Gasteiger charge is -2.27. The zero-order valence-electron chi connectivity index (χ0n) is 33.6. The normalized spacial score (nSPS) is 12.2. The maximum absolute atomic E-state index is 5.14. The third-order valence-corrected chi connectivity index (χ3v) is 13.2. The molecule has 0 N–H and O–H groups in total. The third kappa shape index (κ3) is 6.16. The molecule has 3 aromatic heterocycles. The van der Waals surface area contributed by atoms with E-state index >= 15 is 0 Å². The first kappa shape index (κ1) is 35.8. The Balaban J connectivity index is 1.11. The standard InChI is InChI=1S/C54H41N5S/c1-60(2,3)43-32-39(31-40(33-43)54-56-52(36-17-7-4-8-18-36)55-53(57-54)37-19-9-5-10-20-37)38-27-29-46-44-23-13-15-25-48(44)59(51(46)34-38)42-28-30-50-47(35-42)45-24-14-16-26-49(45)58(50)41-21-11-6-12-22-41/h4-35H,1-3H3. The first-order valence-electron chi connectivity index (χ1n) is 20.2. The molecular weight excluding hydrogens is 751 g/mol. The van der Waals surface area contributed by atoms with Crippen LogP contribution in [-0.2, 0) is 0 Å². The van der Waals surface area contributed by atoms with Crippen LogP contribution in [0, 0.1) is 0 Å². The van der Waals surface area contributed by atoms with Gasteiger partial charge in [0.1, 0.15) is 0 Å². The minimum atomic E-state index is -1.14. The molecule has 0 atom stereocenters. The van der Waals surface area contributed by atoms with Gasteiger partial charge in [-0.05, 0) is 102 Å². The van der Waals surface area contributed by atoms with E-state index in [2.05, 4.69) is 186 Å². The molecule has 0 saturated heterocycles. The number of nitrogens with zero attached hydrogens (tertiary/aromatic N) is 5. The van der Waals surface area contributed by atoms with Gasteiger partial charge in [0.25, 0.3) is 0 Å². The second-order valence-electron chi connectivity index (χ2n) is 16.1. The number of rotatable bonds is 7. The van der Waals surface area contributed by atoms with Crippen LogP contribution in [0.1, 0.15) is 0 Å². The van der Waals surface area contributed by atoms with Crippen molar-refractivity contribution in [3.63, 3.8) is 0 Å². The molecule has 60 heavy (non-hydrogen) atoms. The molecule has 0 spiro atoms. The van der Waals surface area contributed by atoms with Crippen LogP contribution in [0.5, 0.6) is 0 Å². The van der Waals surface area contributed by atoms with Gasteiger partial charge < -0.3 is 9.13 Å². The topological polar surface area (TPSA) is 48.5 Å². The summed E-state index contributed by atoms with van der Waals surface area (Å²) >= 11 is 0. The van der Waals surface area contributed by atoms with E-state index in [0.717, 1.165) is 44.7 Å². The lowest BCUT2D eigenvalue weighted by Crippen LogP contribution is -2.01. The van der Waals surface area contributed by atoms with Gasteiger partial charge in [-0.25, -0.2) is 25.0 Å². The lowest BCUT2D eigenvalue weighted by atomic mass is 10.0. The lowest BCUT2D eigenvalue weighted by molar-refractivity contribution is 1.07. The number of aromatic nitrogens is 5. The molecule has 0 bridgehead atoms. The van der Waals surface area contributed by atoms with Crippen molar-refractivity contribution in [2.75, 3.05) is 18.8 Å². The molecular formula is C54H41N5S. The van der Waals surface area contributed by atoms with Crippen molar-refractivity contribution in [1.29, 1.82) is 0 Å². The SMILES string of the molecule is CS(C)(C)c1cc(-c2ccc3c4ccccc4n(-c4ccc5c(c4)c4ccccc4n5-c4ccccc4)c3c2)cc(-c2nc(-c3ccccc3)nc(-c3ccccc3)n2)c1. The molecule has 6 heteroatoms. The van der Waals surface area contributed by atoms with E-state index in [1.807, 2.05) is 36.4 Å². The van der Waals surface area contributed by atoms with Gasteiger partial charge in [0.05, 0.1) is 22.1 Å². The molecule has 0 fully saturated rings. The minimum Gasteiger partial charge on any atom is -0.309 e. The van der Waals surface area contributed by atoms with E-state index in [1.165, 1.54) is 43.0 Å². The average Bonchev–Trinajstić information content (AvgIpc) is 3.81. The maximum Gasteiger partial charge on any atom is 0.164 e. The van der Waals surface area contributed by atoms with Crippen LogP contribution in [0.3, 0.4) is 0 Å². The van der Waals surface area contributed by atoms with Gasteiger partial charge in [0.15, 0.2) is 17.5 Å². The van der Waals surface area contributed by atoms with Gasteiger partial charge in [0, 0.05) is 49.6 Å². The van der Waals surface area contributed by atoms with Crippen molar-refractivity contribution < 1.29 is 0 Å². The zero-order valence-corrected chi connectivity index (χ0v) is 34.4. The fraction of sp³-hybridized carbons (Fsp3) is 0.0556. The molecule has 0 saturated carbocycles. The number of fused-ring (bicyclic) bond motifs is 6. The van der Waals surface area contributed by atoms with Gasteiger partial charge in [-0.3, -0.25) is 0 Å². The molecule has 288 valence electrons. The van der Waals surface area contributed by atoms with E-state index in [0.29, 0.717) is 17.5 Å². The van der Waals surface area contributed by atoms with Gasteiger partial charge >= 0.3 is 0 Å². The molecule has 0 unspecified atom stereocenters. The van der Waals surface area contributed by atoms with E-state index in [1.54, 1.807) is 0 Å². The van der Waals surface area contributed by atoms with Crippen molar-refractivity contribution >= 4 is 53.6 Å². The quantitative estimate of drug-likeness (QED) is 0.162. The zero-order chi connectivity index (χ0) is 40.4. The van der Waals surface area contributed by atoms with Crippen LogP contribution >= 0.6 is 10.0 Å². The van der Waals surface area contributed by atoms with Crippen LogP contribution < -0.4 is 0 Å². The summed E-state index contributed by atoms with van der Waals surface area (Å²) in [6.45, 7) is 0. The Morgan fingerprint density at radius 2 is 0.800 bits per heavy atom. The molecule has 0 aliphatic carbocycles. The summed E-state index contributed by atoms with van der Waals surface area (Å²) in [4.78, 5) is 16.5. The van der Waals surface area contributed by atoms with E-state index < -0.39 is 10.0 Å². The molecule has 11 rings (SSSR count). The number of hydrogen-bond acceptors (Lipinski definition) is 3. The fourth-order valence-corrected chi connectivity index (χ4v) is 9.53. The molecule has 0 amide bonds. The van der Waals surface area contributed by atoms with Crippen molar-refractivity contribution in [2.24, 2.45) is 0 Å². The van der Waals surface area contributed by atoms with E-state index in [9.17, 15) is 0 Å². The molecule has 11 aromatic rings. The third-order valence-electron chi connectivity index (χ3n) is 11.5. The predicted molar refractivity (Wildman–Crippen MR) is 254 cm³/mol. The Bertz CT molecular complexity index is 3340. The van der Waals surface area contributed by atoms with E-state index in [4.69, 9.17) is 15.0 Å². The Kier molecular flexibility index (Phi) is 8.50. The van der Waals surface area contributed by atoms with Crippen molar-refractivity contribution in [3.05, 3.63) is 194 Å². The summed E-state index contributed by atoms with van der Waals surface area (Å²) in [7, 11) is -1.14. The summed E-state index contributed by atoms with van der Waals surface area (Å²) < 4.78 is 4.81. The largest absolute Gasteiger partial charge is 0.309 e. The average molecular weight is 792 g/mol. The van der Waals surface area contributed by atoms with Crippen LogP contribution in [0.2, 0.25) is 0 Å². The summed E-state index contributed by atoms with van der Waals surface area (Å²) in [5, 5.41) is 4.91. The van der Waals surface area contributed by atoms with Crippen LogP contribution in [0.4, 0.5) is 0 Å². The highest BCUT2D eigenvalue weighted by molar-refractivity contribution is 8.32. The predicted octanol–water partition coefficient (Wildman–Crippen LogP) is 13.8. The molecule has 8 aromatic carbocycles. The summed E-state index contributed by atoms with van der Waals surface area (Å²) in [6.07, 6.45) is 7.04. The van der Waals surface area contributed by atoms with Crippen LogP contribution in [0.15, 0.2) is 199 Å². The monoisotopic (exact) mass is 791 g/mol. The minimum absolute atomic E-state index is 0.657. The molecule has 0 aliphatic rings. The molecule has 5 nitrogen and oxygen atoms in total. The highest BCUT2D eigenvalue weighted by atomic mass is 32.3. The Morgan fingerprint density at radius 1 is 0.317 bits per heavy atom. The summed E-state index contributed by atoms with van der Waals surface area (Å²) in [5.41, 5.74) is 12.2.